The van der Waals surface area contributed by atoms with Crippen LogP contribution in [0.25, 0.3) is 0 Å². The van der Waals surface area contributed by atoms with Gasteiger partial charge < -0.3 is 20.7 Å². The Morgan fingerprint density at radius 1 is 1.12 bits per heavy atom. The van der Waals surface area contributed by atoms with Gasteiger partial charge in [0.15, 0.2) is 0 Å². The first-order chi connectivity index (χ1) is 15.4. The second-order valence-electron chi connectivity index (χ2n) is 7.43. The van der Waals surface area contributed by atoms with E-state index < -0.39 is 11.7 Å². The van der Waals surface area contributed by atoms with Crippen molar-refractivity contribution in [1.82, 2.24) is 20.9 Å². The number of hydrogen-bond donors (Lipinski definition) is 3. The van der Waals surface area contributed by atoms with E-state index in [2.05, 4.69) is 20.9 Å². The van der Waals surface area contributed by atoms with Crippen LogP contribution in [0.15, 0.2) is 36.4 Å². The number of halogens is 3. The maximum atomic E-state index is 13.7. The monoisotopic (exact) mass is 482 g/mol. The van der Waals surface area contributed by atoms with Crippen molar-refractivity contribution in [2.45, 2.75) is 19.2 Å². The largest absolute Gasteiger partial charge is 0.374 e. The van der Waals surface area contributed by atoms with Crippen LogP contribution in [-0.4, -0.2) is 56.2 Å². The number of morpholine rings is 1. The predicted octanol–water partition coefficient (Wildman–Crippen LogP) is 3.19. The molecule has 0 radical (unpaired) electrons. The van der Waals surface area contributed by atoms with Crippen LogP contribution in [0.1, 0.15) is 21.5 Å². The lowest BCUT2D eigenvalue weighted by molar-refractivity contribution is -0.0287. The van der Waals surface area contributed by atoms with Gasteiger partial charge in [-0.3, -0.25) is 9.69 Å². The van der Waals surface area contributed by atoms with Crippen LogP contribution in [-0.2, 0) is 17.8 Å². The Bertz CT molecular complexity index is 976. The van der Waals surface area contributed by atoms with Crippen LogP contribution in [0.5, 0.6) is 0 Å². The Kier molecular flexibility index (Phi) is 8.69. The molecule has 0 unspecified atom stereocenters. The van der Waals surface area contributed by atoms with Crippen molar-refractivity contribution in [3.05, 3.63) is 69.0 Å². The van der Waals surface area contributed by atoms with Gasteiger partial charge in [0.25, 0.3) is 5.91 Å². The third kappa shape index (κ3) is 6.80. The molecule has 1 fully saturated rings. The zero-order valence-electron chi connectivity index (χ0n) is 17.6. The number of urea groups is 1. The first kappa shape index (κ1) is 24.3. The van der Waals surface area contributed by atoms with Crippen molar-refractivity contribution < 1.29 is 18.7 Å². The number of rotatable bonds is 7. The highest BCUT2D eigenvalue weighted by Gasteiger charge is 2.21. The highest BCUT2D eigenvalue weighted by atomic mass is 35.5. The number of benzene rings is 2. The van der Waals surface area contributed by atoms with Crippen molar-refractivity contribution in [3.63, 3.8) is 0 Å². The Morgan fingerprint density at radius 2 is 1.91 bits per heavy atom. The molecule has 1 aliphatic heterocycles. The Morgan fingerprint density at radius 3 is 2.66 bits per heavy atom. The van der Waals surface area contributed by atoms with E-state index in [-0.39, 0.29) is 24.2 Å². The summed E-state index contributed by atoms with van der Waals surface area (Å²) in [7, 11) is 1.43. The number of nitrogens with zero attached hydrogens (tertiary/aromatic N) is 1. The molecule has 0 aromatic heterocycles. The predicted molar refractivity (Wildman–Crippen MR) is 122 cm³/mol. The molecule has 0 aliphatic carbocycles. The van der Waals surface area contributed by atoms with Gasteiger partial charge in [0.05, 0.1) is 28.3 Å². The van der Waals surface area contributed by atoms with E-state index in [1.54, 1.807) is 6.07 Å². The summed E-state index contributed by atoms with van der Waals surface area (Å²) in [5.74, 6) is -1.13. The van der Waals surface area contributed by atoms with Gasteiger partial charge in [-0.2, -0.15) is 0 Å². The average molecular weight is 483 g/mol. The van der Waals surface area contributed by atoms with Crippen molar-refractivity contribution >= 4 is 35.1 Å². The topological polar surface area (TPSA) is 82.7 Å². The summed E-state index contributed by atoms with van der Waals surface area (Å²) in [6.45, 7) is 3.21. The Hall–Kier alpha value is -2.39. The fraction of sp³-hybridized carbons (Fsp3) is 0.364. The highest BCUT2D eigenvalue weighted by Crippen LogP contribution is 2.23. The molecule has 3 rings (SSSR count). The van der Waals surface area contributed by atoms with E-state index >= 15 is 0 Å². The van der Waals surface area contributed by atoms with Crippen molar-refractivity contribution in [1.29, 1.82) is 0 Å². The molecular formula is C22H25Cl2FN4O3. The van der Waals surface area contributed by atoms with Crippen molar-refractivity contribution in [3.8, 4) is 0 Å². The standard InChI is InChI=1S/C22H25Cl2FN4O3/c1-26-21(30)17-8-14(3-5-20(17)25)10-27-22(31)28-11-16-13-29(6-7-32-16)12-15-2-4-18(23)19(24)9-15/h2-5,8-9,16H,6-7,10-13H2,1H3,(H,26,30)(H2,27,28,31)/t16-/m0/s1. The van der Waals surface area contributed by atoms with Gasteiger partial charge in [-0.15, -0.1) is 0 Å². The number of carbonyl (C=O) groups excluding carboxylic acids is 2. The molecule has 0 bridgehead atoms. The van der Waals surface area contributed by atoms with E-state index in [0.29, 0.717) is 41.8 Å². The van der Waals surface area contributed by atoms with Crippen LogP contribution in [0.2, 0.25) is 10.0 Å². The summed E-state index contributed by atoms with van der Waals surface area (Å²) >= 11 is 12.1. The van der Waals surface area contributed by atoms with Crippen LogP contribution < -0.4 is 16.0 Å². The summed E-state index contributed by atoms with van der Waals surface area (Å²) in [4.78, 5) is 26.1. The maximum Gasteiger partial charge on any atom is 0.315 e. The van der Waals surface area contributed by atoms with Gasteiger partial charge >= 0.3 is 6.03 Å². The van der Waals surface area contributed by atoms with Crippen LogP contribution in [0.4, 0.5) is 9.18 Å². The normalized spacial score (nSPS) is 16.4. The lowest BCUT2D eigenvalue weighted by Gasteiger charge is -2.33. The lowest BCUT2D eigenvalue weighted by Crippen LogP contribution is -2.48. The molecule has 1 aliphatic rings. The second kappa shape index (κ2) is 11.5. The van der Waals surface area contributed by atoms with Crippen LogP contribution in [0.3, 0.4) is 0 Å². The zero-order valence-corrected chi connectivity index (χ0v) is 19.1. The molecular weight excluding hydrogens is 458 g/mol. The van der Waals surface area contributed by atoms with Gasteiger partial charge in [0.1, 0.15) is 5.82 Å². The first-order valence-electron chi connectivity index (χ1n) is 10.2. The third-order valence-corrected chi connectivity index (χ3v) is 5.80. The van der Waals surface area contributed by atoms with Crippen LogP contribution >= 0.6 is 23.2 Å². The molecule has 0 saturated carbocycles. The third-order valence-electron chi connectivity index (χ3n) is 5.06. The van der Waals surface area contributed by atoms with E-state index in [9.17, 15) is 14.0 Å². The molecule has 172 valence electrons. The number of carbonyl (C=O) groups is 2. The van der Waals surface area contributed by atoms with Crippen molar-refractivity contribution in [2.24, 2.45) is 0 Å². The summed E-state index contributed by atoms with van der Waals surface area (Å²) < 4.78 is 19.5. The molecule has 0 spiro atoms. The van der Waals surface area contributed by atoms with Gasteiger partial charge in [-0.25, -0.2) is 9.18 Å². The molecule has 2 aromatic carbocycles. The molecule has 1 atom stereocenters. The number of ether oxygens (including phenoxy) is 1. The first-order valence-corrected chi connectivity index (χ1v) is 10.9. The van der Waals surface area contributed by atoms with E-state index in [1.165, 1.54) is 25.2 Å². The number of hydrogen-bond acceptors (Lipinski definition) is 4. The second-order valence-corrected chi connectivity index (χ2v) is 8.25. The molecule has 7 nitrogen and oxygen atoms in total. The summed E-state index contributed by atoms with van der Waals surface area (Å²) in [5.41, 5.74) is 1.60. The number of amides is 3. The Labute approximate surface area is 196 Å². The van der Waals surface area contributed by atoms with Gasteiger partial charge in [-0.1, -0.05) is 35.3 Å². The number of nitrogens with one attached hydrogen (secondary N) is 3. The summed E-state index contributed by atoms with van der Waals surface area (Å²) in [6.07, 6.45) is -0.150. The average Bonchev–Trinajstić information content (AvgIpc) is 2.79. The minimum atomic E-state index is -0.613. The summed E-state index contributed by atoms with van der Waals surface area (Å²) in [5, 5.41) is 8.93. The SMILES string of the molecule is CNC(=O)c1cc(CNC(=O)NC[C@H]2CN(Cc3ccc(Cl)c(Cl)c3)CCO2)ccc1F. The molecule has 3 N–H and O–H groups in total. The minimum absolute atomic E-state index is 0.0649. The van der Waals surface area contributed by atoms with Gasteiger partial charge in [0.2, 0.25) is 0 Å². The molecule has 1 saturated heterocycles. The fourth-order valence-electron chi connectivity index (χ4n) is 3.39. The molecule has 2 aromatic rings. The maximum absolute atomic E-state index is 13.7. The fourth-order valence-corrected chi connectivity index (χ4v) is 3.71. The van der Waals surface area contributed by atoms with Gasteiger partial charge in [0, 0.05) is 39.8 Å². The lowest BCUT2D eigenvalue weighted by atomic mass is 10.1. The molecule has 32 heavy (non-hydrogen) atoms. The van der Waals surface area contributed by atoms with Crippen molar-refractivity contribution in [2.75, 3.05) is 33.3 Å². The summed E-state index contributed by atoms with van der Waals surface area (Å²) in [6, 6.07) is 9.34. The smallest absolute Gasteiger partial charge is 0.315 e. The molecule has 3 amide bonds. The Balaban J connectivity index is 1.44. The molecule has 10 heteroatoms. The highest BCUT2D eigenvalue weighted by molar-refractivity contribution is 6.42. The quantitative estimate of drug-likeness (QED) is 0.565. The van der Waals surface area contributed by atoms with E-state index in [1.807, 2.05) is 12.1 Å². The van der Waals surface area contributed by atoms with E-state index in [4.69, 9.17) is 27.9 Å². The minimum Gasteiger partial charge on any atom is -0.374 e. The van der Waals surface area contributed by atoms with E-state index in [0.717, 1.165) is 12.1 Å². The zero-order chi connectivity index (χ0) is 23.1. The van der Waals surface area contributed by atoms with Gasteiger partial charge in [-0.05, 0) is 35.4 Å². The molecule has 1 heterocycles. The van der Waals surface area contributed by atoms with Crippen LogP contribution in [0, 0.1) is 5.82 Å².